The molecule has 2 N–H and O–H groups in total. The second-order valence-corrected chi connectivity index (χ2v) is 9.24. The van der Waals surface area contributed by atoms with Crippen LogP contribution in [0.15, 0.2) is 72.8 Å². The molecule has 0 unspecified atom stereocenters. The molecule has 5 rings (SSSR count). The number of fused-ring (bicyclic) bond motifs is 2. The van der Waals surface area contributed by atoms with Crippen molar-refractivity contribution in [3.05, 3.63) is 101 Å². The van der Waals surface area contributed by atoms with Gasteiger partial charge in [0.1, 0.15) is 11.6 Å². The summed E-state index contributed by atoms with van der Waals surface area (Å²) in [5, 5.41) is 7.36. The van der Waals surface area contributed by atoms with E-state index >= 15 is 0 Å². The molecule has 2 nitrogen and oxygen atoms in total. The van der Waals surface area contributed by atoms with Crippen molar-refractivity contribution in [3.8, 4) is 0 Å². The summed E-state index contributed by atoms with van der Waals surface area (Å²) in [4.78, 5) is 0. The summed E-state index contributed by atoms with van der Waals surface area (Å²) in [6, 6.07) is 22.7. The summed E-state index contributed by atoms with van der Waals surface area (Å²) >= 11 is 0. The van der Waals surface area contributed by atoms with Crippen molar-refractivity contribution in [3.63, 3.8) is 0 Å². The van der Waals surface area contributed by atoms with Crippen molar-refractivity contribution in [1.82, 2.24) is 5.32 Å². The van der Waals surface area contributed by atoms with Gasteiger partial charge in [-0.3, -0.25) is 0 Å². The van der Waals surface area contributed by atoms with E-state index in [0.29, 0.717) is 6.04 Å². The van der Waals surface area contributed by atoms with E-state index in [1.54, 1.807) is 0 Å². The zero-order valence-corrected chi connectivity index (χ0v) is 18.3. The monoisotopic (exact) mass is 432 g/mol. The smallest absolute Gasteiger partial charge is 0.123 e. The second kappa shape index (κ2) is 9.03. The zero-order chi connectivity index (χ0) is 22.0. The van der Waals surface area contributed by atoms with Gasteiger partial charge in [0.05, 0.1) is 0 Å². The van der Waals surface area contributed by atoms with Gasteiger partial charge < -0.3 is 10.6 Å². The fraction of sp³-hybridized carbons (Fsp3) is 0.357. The number of halogens is 2. The van der Waals surface area contributed by atoms with E-state index in [2.05, 4.69) is 34.9 Å². The van der Waals surface area contributed by atoms with Gasteiger partial charge in [-0.25, -0.2) is 8.78 Å². The van der Waals surface area contributed by atoms with Crippen LogP contribution in [-0.2, 0) is 5.41 Å². The van der Waals surface area contributed by atoms with Gasteiger partial charge in [-0.1, -0.05) is 48.9 Å². The molecule has 4 heteroatoms. The molecule has 1 fully saturated rings. The Hall–Kier alpha value is -2.72. The van der Waals surface area contributed by atoms with E-state index in [1.165, 1.54) is 35.5 Å². The second-order valence-electron chi connectivity index (χ2n) is 9.24. The van der Waals surface area contributed by atoms with Gasteiger partial charge in [0, 0.05) is 23.1 Å². The maximum absolute atomic E-state index is 13.5. The van der Waals surface area contributed by atoms with Crippen LogP contribution >= 0.6 is 0 Å². The van der Waals surface area contributed by atoms with Gasteiger partial charge in [0.2, 0.25) is 0 Å². The number of hydrogen-bond acceptors (Lipinski definition) is 2. The summed E-state index contributed by atoms with van der Waals surface area (Å²) in [5.74, 6) is -0.330. The number of piperidine rings is 1. The van der Waals surface area contributed by atoms with Crippen LogP contribution in [0.25, 0.3) is 0 Å². The first-order chi connectivity index (χ1) is 15.7. The quantitative estimate of drug-likeness (QED) is 0.472. The number of anilines is 1. The summed E-state index contributed by atoms with van der Waals surface area (Å²) in [7, 11) is 0. The van der Waals surface area contributed by atoms with Crippen molar-refractivity contribution < 1.29 is 8.78 Å². The molecule has 1 saturated heterocycles. The summed E-state index contributed by atoms with van der Waals surface area (Å²) in [5.41, 5.74) is 5.12. The summed E-state index contributed by atoms with van der Waals surface area (Å²) < 4.78 is 27.1. The molecule has 1 atom stereocenters. The first-order valence-corrected chi connectivity index (χ1v) is 11.7. The third kappa shape index (κ3) is 4.04. The molecule has 0 radical (unpaired) electrons. The van der Waals surface area contributed by atoms with Crippen LogP contribution in [0, 0.1) is 11.6 Å². The number of hydrogen-bond donors (Lipinski definition) is 2. The predicted octanol–water partition coefficient (Wildman–Crippen LogP) is 6.38. The molecule has 1 spiro atoms. The molecule has 32 heavy (non-hydrogen) atoms. The maximum Gasteiger partial charge on any atom is 0.123 e. The standard InChI is InChI=1S/C28H30F2N2/c29-22-12-8-20(9-13-22)24(21-10-14-23(30)15-11-21)4-3-7-27-28(16-18-31-19-17-28)25-5-1-2-6-26(25)32-27/h1-2,5-6,8-15,24,27,31-32H,3-4,7,16-19H2/t27-/m1/s1. The van der Waals surface area contributed by atoms with E-state index in [-0.39, 0.29) is 23.0 Å². The van der Waals surface area contributed by atoms with Gasteiger partial charge in [-0.2, -0.15) is 0 Å². The normalized spacial score (nSPS) is 19.2. The average molecular weight is 433 g/mol. The van der Waals surface area contributed by atoms with Crippen LogP contribution in [-0.4, -0.2) is 19.1 Å². The Morgan fingerprint density at radius 3 is 2.03 bits per heavy atom. The minimum atomic E-state index is -0.229. The van der Waals surface area contributed by atoms with Crippen LogP contribution in [0.4, 0.5) is 14.5 Å². The number of rotatable bonds is 6. The highest BCUT2D eigenvalue weighted by Crippen LogP contribution is 2.48. The van der Waals surface area contributed by atoms with E-state index < -0.39 is 0 Å². The Balaban J connectivity index is 1.34. The molecule has 166 valence electrons. The van der Waals surface area contributed by atoms with Crippen molar-refractivity contribution in [2.24, 2.45) is 0 Å². The minimum absolute atomic E-state index is 0.129. The van der Waals surface area contributed by atoms with Crippen LogP contribution in [0.5, 0.6) is 0 Å². The van der Waals surface area contributed by atoms with Crippen molar-refractivity contribution >= 4 is 5.69 Å². The van der Waals surface area contributed by atoms with E-state index in [9.17, 15) is 8.78 Å². The lowest BCUT2D eigenvalue weighted by atomic mass is 9.68. The largest absolute Gasteiger partial charge is 0.381 e. The van der Waals surface area contributed by atoms with E-state index in [1.807, 2.05) is 24.3 Å². The van der Waals surface area contributed by atoms with Crippen molar-refractivity contribution in [2.45, 2.75) is 49.5 Å². The fourth-order valence-electron chi connectivity index (χ4n) is 5.84. The molecular weight excluding hydrogens is 402 g/mol. The Bertz CT molecular complexity index is 994. The molecule has 0 bridgehead atoms. The predicted molar refractivity (Wildman–Crippen MR) is 126 cm³/mol. The Morgan fingerprint density at radius 1 is 0.812 bits per heavy atom. The summed E-state index contributed by atoms with van der Waals surface area (Å²) in [6.45, 7) is 2.11. The SMILES string of the molecule is Fc1ccc(C(CCC[C@H]2Nc3ccccc3C23CCNCC3)c2ccc(F)cc2)cc1. The first kappa shape index (κ1) is 21.1. The molecule has 0 aliphatic carbocycles. The average Bonchev–Trinajstić information content (AvgIpc) is 3.11. The number of para-hydroxylation sites is 1. The van der Waals surface area contributed by atoms with Crippen LogP contribution in [0.1, 0.15) is 54.7 Å². The molecule has 0 saturated carbocycles. The highest BCUT2D eigenvalue weighted by molar-refractivity contribution is 5.62. The lowest BCUT2D eigenvalue weighted by Crippen LogP contribution is -2.47. The van der Waals surface area contributed by atoms with Gasteiger partial charge in [-0.15, -0.1) is 0 Å². The third-order valence-electron chi connectivity index (χ3n) is 7.49. The Labute approximate surface area is 189 Å². The fourth-order valence-corrected chi connectivity index (χ4v) is 5.84. The van der Waals surface area contributed by atoms with E-state index in [4.69, 9.17) is 0 Å². The lowest BCUT2D eigenvalue weighted by Gasteiger charge is -2.40. The van der Waals surface area contributed by atoms with Gasteiger partial charge in [0.25, 0.3) is 0 Å². The molecular formula is C28H30F2N2. The van der Waals surface area contributed by atoms with Gasteiger partial charge >= 0.3 is 0 Å². The Kier molecular flexibility index (Phi) is 5.97. The van der Waals surface area contributed by atoms with Crippen LogP contribution < -0.4 is 10.6 Å². The van der Waals surface area contributed by atoms with Gasteiger partial charge in [-0.05, 0) is 85.8 Å². The molecule has 0 aromatic heterocycles. The summed E-state index contributed by atoms with van der Waals surface area (Å²) in [6.07, 6.45) is 5.37. The molecule has 2 aliphatic rings. The third-order valence-corrected chi connectivity index (χ3v) is 7.49. The van der Waals surface area contributed by atoms with Crippen molar-refractivity contribution in [1.29, 1.82) is 0 Å². The maximum atomic E-state index is 13.5. The molecule has 3 aromatic carbocycles. The molecule has 3 aromatic rings. The first-order valence-electron chi connectivity index (χ1n) is 11.7. The number of nitrogens with one attached hydrogen (secondary N) is 2. The molecule has 0 amide bonds. The zero-order valence-electron chi connectivity index (χ0n) is 18.3. The number of benzene rings is 3. The Morgan fingerprint density at radius 2 is 1.41 bits per heavy atom. The highest BCUT2D eigenvalue weighted by atomic mass is 19.1. The van der Waals surface area contributed by atoms with E-state index in [0.717, 1.165) is 56.3 Å². The topological polar surface area (TPSA) is 24.1 Å². The highest BCUT2D eigenvalue weighted by Gasteiger charge is 2.46. The van der Waals surface area contributed by atoms with Gasteiger partial charge in [0.15, 0.2) is 0 Å². The lowest BCUT2D eigenvalue weighted by molar-refractivity contribution is 0.269. The molecule has 2 heterocycles. The van der Waals surface area contributed by atoms with Crippen LogP contribution in [0.3, 0.4) is 0 Å². The van der Waals surface area contributed by atoms with Crippen LogP contribution in [0.2, 0.25) is 0 Å². The minimum Gasteiger partial charge on any atom is -0.381 e. The van der Waals surface area contributed by atoms with Crippen molar-refractivity contribution in [2.75, 3.05) is 18.4 Å². The molecule has 2 aliphatic heterocycles.